The largest absolute Gasteiger partial charge is 0.550 e. The molecule has 0 spiro atoms. The highest BCUT2D eigenvalue weighted by Crippen LogP contribution is 2.17. The van der Waals surface area contributed by atoms with Crippen molar-refractivity contribution >= 4 is 11.7 Å². The zero-order chi connectivity index (χ0) is 10.0. The Bertz CT molecular complexity index is 352. The standard InChI is InChI=1S/C8H7F2NO2/c9-7-4(3-6(12)13)1-2-5(11)8(7)10/h1-2H,3,11H2,(H,12,13)/p-1. The molecule has 0 aliphatic carbocycles. The predicted molar refractivity (Wildman–Crippen MR) is 39.5 cm³/mol. The maximum Gasteiger partial charge on any atom is 0.181 e. The molecule has 5 heteroatoms. The van der Waals surface area contributed by atoms with Gasteiger partial charge in [0.1, 0.15) is 0 Å². The van der Waals surface area contributed by atoms with Gasteiger partial charge >= 0.3 is 0 Å². The van der Waals surface area contributed by atoms with Crippen molar-refractivity contribution in [2.45, 2.75) is 6.42 Å². The number of carbonyl (C=O) groups excluding carboxylic acids is 1. The van der Waals surface area contributed by atoms with Gasteiger partial charge in [0.05, 0.1) is 5.69 Å². The Hall–Kier alpha value is -1.65. The summed E-state index contributed by atoms with van der Waals surface area (Å²) in [5.74, 6) is -3.92. The van der Waals surface area contributed by atoms with E-state index in [1.54, 1.807) is 0 Å². The number of rotatable bonds is 2. The Morgan fingerprint density at radius 2 is 2.00 bits per heavy atom. The summed E-state index contributed by atoms with van der Waals surface area (Å²) in [4.78, 5) is 10.1. The number of hydrogen-bond donors (Lipinski definition) is 1. The van der Waals surface area contributed by atoms with Crippen LogP contribution >= 0.6 is 0 Å². The number of nitrogens with two attached hydrogens (primary N) is 1. The zero-order valence-electron chi connectivity index (χ0n) is 6.51. The van der Waals surface area contributed by atoms with Gasteiger partial charge in [-0.3, -0.25) is 0 Å². The minimum absolute atomic E-state index is 0.272. The number of halogens is 2. The van der Waals surface area contributed by atoms with E-state index >= 15 is 0 Å². The molecule has 0 aliphatic heterocycles. The van der Waals surface area contributed by atoms with Crippen LogP contribution in [0.15, 0.2) is 12.1 Å². The fourth-order valence-corrected chi connectivity index (χ4v) is 0.896. The molecule has 1 rings (SSSR count). The number of hydrogen-bond acceptors (Lipinski definition) is 3. The van der Waals surface area contributed by atoms with Crippen LogP contribution in [0.25, 0.3) is 0 Å². The molecule has 0 atom stereocenters. The van der Waals surface area contributed by atoms with Gasteiger partial charge in [-0.2, -0.15) is 0 Å². The highest BCUT2D eigenvalue weighted by molar-refractivity contribution is 5.68. The highest BCUT2D eigenvalue weighted by atomic mass is 19.2. The van der Waals surface area contributed by atoms with Crippen LogP contribution < -0.4 is 10.8 Å². The molecule has 13 heavy (non-hydrogen) atoms. The SMILES string of the molecule is Nc1ccc(CC(=O)[O-])c(F)c1F. The molecule has 0 radical (unpaired) electrons. The second-order valence-corrected chi connectivity index (χ2v) is 2.49. The fraction of sp³-hybridized carbons (Fsp3) is 0.125. The molecule has 1 aromatic rings. The van der Waals surface area contributed by atoms with Crippen LogP contribution in [0, 0.1) is 11.6 Å². The summed E-state index contributed by atoms with van der Waals surface area (Å²) < 4.78 is 25.6. The molecular formula is C8H6F2NO2-. The van der Waals surface area contributed by atoms with E-state index in [-0.39, 0.29) is 11.3 Å². The van der Waals surface area contributed by atoms with Crippen molar-refractivity contribution < 1.29 is 18.7 Å². The van der Waals surface area contributed by atoms with Gasteiger partial charge in [-0.25, -0.2) is 8.78 Å². The Labute approximate surface area is 72.8 Å². The third-order valence-electron chi connectivity index (χ3n) is 1.53. The molecule has 0 bridgehead atoms. The summed E-state index contributed by atoms with van der Waals surface area (Å²) in [6.45, 7) is 0. The number of aliphatic carboxylic acids is 1. The minimum atomic E-state index is -1.47. The molecule has 1 aromatic carbocycles. The van der Waals surface area contributed by atoms with Crippen LogP contribution in [0.2, 0.25) is 0 Å². The van der Waals surface area contributed by atoms with Crippen LogP contribution in [0.5, 0.6) is 0 Å². The lowest BCUT2D eigenvalue weighted by atomic mass is 10.1. The van der Waals surface area contributed by atoms with Gasteiger partial charge < -0.3 is 15.6 Å². The van der Waals surface area contributed by atoms with E-state index in [2.05, 4.69) is 0 Å². The molecule has 0 aromatic heterocycles. The Balaban J connectivity index is 3.10. The fourth-order valence-electron chi connectivity index (χ4n) is 0.896. The van der Waals surface area contributed by atoms with Crippen molar-refractivity contribution in [3.05, 3.63) is 29.3 Å². The predicted octanol–water partition coefficient (Wildman–Crippen LogP) is -0.161. The minimum Gasteiger partial charge on any atom is -0.550 e. The zero-order valence-corrected chi connectivity index (χ0v) is 6.51. The maximum atomic E-state index is 12.9. The molecule has 70 valence electrons. The quantitative estimate of drug-likeness (QED) is 0.652. The van der Waals surface area contributed by atoms with Crippen molar-refractivity contribution in [2.24, 2.45) is 0 Å². The Morgan fingerprint density at radius 3 is 2.54 bits per heavy atom. The van der Waals surface area contributed by atoms with Gasteiger partial charge in [-0.05, 0) is 11.6 Å². The number of carboxylic acids is 1. The molecule has 2 N–H and O–H groups in total. The lowest BCUT2D eigenvalue weighted by molar-refractivity contribution is -0.304. The van der Waals surface area contributed by atoms with Crippen molar-refractivity contribution in [1.29, 1.82) is 0 Å². The van der Waals surface area contributed by atoms with E-state index in [4.69, 9.17) is 5.73 Å². The Morgan fingerprint density at radius 1 is 1.38 bits per heavy atom. The van der Waals surface area contributed by atoms with E-state index in [9.17, 15) is 18.7 Å². The van der Waals surface area contributed by atoms with Gasteiger partial charge in [0.25, 0.3) is 0 Å². The molecule has 0 saturated heterocycles. The molecular weight excluding hydrogens is 180 g/mol. The number of carboxylic acid groups (broad SMARTS) is 1. The molecule has 0 heterocycles. The lowest BCUT2D eigenvalue weighted by Gasteiger charge is -2.05. The number of anilines is 1. The van der Waals surface area contributed by atoms with E-state index in [1.807, 2.05) is 0 Å². The van der Waals surface area contributed by atoms with Crippen LogP contribution in [-0.4, -0.2) is 5.97 Å². The Kier molecular flexibility index (Phi) is 2.46. The summed E-state index contributed by atoms with van der Waals surface area (Å²) in [6.07, 6.45) is -0.664. The smallest absolute Gasteiger partial charge is 0.181 e. The van der Waals surface area contributed by atoms with Crippen molar-refractivity contribution in [3.8, 4) is 0 Å². The second kappa shape index (κ2) is 3.38. The summed E-state index contributed by atoms with van der Waals surface area (Å²) in [5.41, 5.74) is 4.42. The van der Waals surface area contributed by atoms with Crippen molar-refractivity contribution in [1.82, 2.24) is 0 Å². The van der Waals surface area contributed by atoms with E-state index in [1.165, 1.54) is 0 Å². The summed E-state index contributed by atoms with van der Waals surface area (Å²) in [7, 11) is 0. The molecule has 0 saturated carbocycles. The number of nitrogen functional groups attached to an aromatic ring is 1. The van der Waals surface area contributed by atoms with Gasteiger partial charge in [0.15, 0.2) is 11.6 Å². The van der Waals surface area contributed by atoms with Crippen LogP contribution in [0.4, 0.5) is 14.5 Å². The topological polar surface area (TPSA) is 66.2 Å². The first-order valence-electron chi connectivity index (χ1n) is 3.44. The number of benzene rings is 1. The van der Waals surface area contributed by atoms with E-state index in [0.29, 0.717) is 0 Å². The third kappa shape index (κ3) is 1.93. The van der Waals surface area contributed by atoms with Crippen LogP contribution in [0.3, 0.4) is 0 Å². The normalized spacial score (nSPS) is 10.0. The van der Waals surface area contributed by atoms with E-state index in [0.717, 1.165) is 12.1 Å². The van der Waals surface area contributed by atoms with Crippen molar-refractivity contribution in [3.63, 3.8) is 0 Å². The molecule has 0 aliphatic rings. The molecule has 0 amide bonds. The number of carbonyl (C=O) groups is 1. The highest BCUT2D eigenvalue weighted by Gasteiger charge is 2.10. The average Bonchev–Trinajstić information content (AvgIpc) is 2.06. The van der Waals surface area contributed by atoms with Gasteiger partial charge in [0, 0.05) is 12.4 Å². The van der Waals surface area contributed by atoms with Crippen molar-refractivity contribution in [2.75, 3.05) is 5.73 Å². The molecule has 0 fully saturated rings. The second-order valence-electron chi connectivity index (χ2n) is 2.49. The maximum absolute atomic E-state index is 12.9. The van der Waals surface area contributed by atoms with E-state index < -0.39 is 24.0 Å². The molecule has 3 nitrogen and oxygen atoms in total. The summed E-state index contributed by atoms with van der Waals surface area (Å²) in [6, 6.07) is 2.22. The van der Waals surface area contributed by atoms with Gasteiger partial charge in [-0.15, -0.1) is 0 Å². The first kappa shape index (κ1) is 9.44. The summed E-state index contributed by atoms with van der Waals surface area (Å²) in [5, 5.41) is 10.1. The van der Waals surface area contributed by atoms with Crippen LogP contribution in [-0.2, 0) is 11.2 Å². The average molecular weight is 186 g/mol. The van der Waals surface area contributed by atoms with Gasteiger partial charge in [0.2, 0.25) is 0 Å². The molecule has 0 unspecified atom stereocenters. The first-order chi connectivity index (χ1) is 6.02. The first-order valence-corrected chi connectivity index (χ1v) is 3.44. The van der Waals surface area contributed by atoms with Gasteiger partial charge in [-0.1, -0.05) is 6.07 Å². The lowest BCUT2D eigenvalue weighted by Crippen LogP contribution is -2.25. The summed E-state index contributed by atoms with van der Waals surface area (Å²) >= 11 is 0. The van der Waals surface area contributed by atoms with Crippen LogP contribution in [0.1, 0.15) is 5.56 Å². The third-order valence-corrected chi connectivity index (χ3v) is 1.53. The monoisotopic (exact) mass is 186 g/mol.